The van der Waals surface area contributed by atoms with Crippen LogP contribution in [0.15, 0.2) is 29.2 Å². The van der Waals surface area contributed by atoms with E-state index in [4.69, 9.17) is 5.73 Å². The minimum Gasteiger partial charge on any atom is -0.320 e. The summed E-state index contributed by atoms with van der Waals surface area (Å²) in [5, 5.41) is 0. The number of benzene rings is 1. The molecule has 1 aromatic rings. The highest BCUT2D eigenvalue weighted by molar-refractivity contribution is 7.89. The zero-order chi connectivity index (χ0) is 14.9. The number of sulfonamides is 1. The summed E-state index contributed by atoms with van der Waals surface area (Å²) in [5.41, 5.74) is 6.12. The number of nitrogens with two attached hydrogens (primary N) is 1. The van der Waals surface area contributed by atoms with E-state index < -0.39 is 10.0 Å². The molecular weight excluding hydrogens is 284 g/mol. The highest BCUT2D eigenvalue weighted by Gasteiger charge is 2.40. The van der Waals surface area contributed by atoms with Crippen molar-refractivity contribution in [2.45, 2.75) is 36.6 Å². The van der Waals surface area contributed by atoms with Crippen molar-refractivity contribution in [3.8, 4) is 11.8 Å². The van der Waals surface area contributed by atoms with Gasteiger partial charge in [-0.05, 0) is 55.9 Å². The summed E-state index contributed by atoms with van der Waals surface area (Å²) in [4.78, 5) is 0.369. The standard InChI is InChI=1S/C16H20N2O2S/c17-11-1-2-13-5-9-16(10-6-13)21(19,20)18(15-7-8-15)12-14-3-4-14/h5-6,9-10,14-15H,3-4,7-8,11-12,17H2. The molecule has 0 unspecified atom stereocenters. The maximum absolute atomic E-state index is 12.8. The summed E-state index contributed by atoms with van der Waals surface area (Å²) in [6, 6.07) is 7.01. The van der Waals surface area contributed by atoms with Gasteiger partial charge in [-0.15, -0.1) is 0 Å². The summed E-state index contributed by atoms with van der Waals surface area (Å²) < 4.78 is 27.3. The molecule has 1 aromatic carbocycles. The third-order valence-corrected chi connectivity index (χ3v) is 5.82. The van der Waals surface area contributed by atoms with Gasteiger partial charge in [0.1, 0.15) is 0 Å². The normalized spacial score (nSPS) is 18.4. The van der Waals surface area contributed by atoms with Crippen molar-refractivity contribution in [2.24, 2.45) is 11.7 Å². The highest BCUT2D eigenvalue weighted by atomic mass is 32.2. The van der Waals surface area contributed by atoms with Gasteiger partial charge in [0.25, 0.3) is 0 Å². The molecule has 0 saturated heterocycles. The van der Waals surface area contributed by atoms with Gasteiger partial charge in [-0.2, -0.15) is 4.31 Å². The number of hydrogen-bond donors (Lipinski definition) is 1. The Hall–Kier alpha value is -1.35. The fourth-order valence-corrected chi connectivity index (χ4v) is 4.12. The van der Waals surface area contributed by atoms with Crippen LogP contribution in [0.5, 0.6) is 0 Å². The van der Waals surface area contributed by atoms with Crippen LogP contribution >= 0.6 is 0 Å². The SMILES string of the molecule is NCC#Cc1ccc(S(=O)(=O)N(CC2CC2)C2CC2)cc1. The van der Waals surface area contributed by atoms with E-state index in [1.807, 2.05) is 0 Å². The zero-order valence-electron chi connectivity index (χ0n) is 12.0. The Bertz CT molecular complexity index is 662. The van der Waals surface area contributed by atoms with Gasteiger partial charge in [0.05, 0.1) is 11.4 Å². The number of nitrogens with zero attached hydrogens (tertiary/aromatic N) is 1. The lowest BCUT2D eigenvalue weighted by atomic mass is 10.2. The van der Waals surface area contributed by atoms with E-state index in [2.05, 4.69) is 11.8 Å². The number of rotatable bonds is 5. The van der Waals surface area contributed by atoms with Gasteiger partial charge in [0, 0.05) is 18.2 Å². The molecular formula is C16H20N2O2S. The second-order valence-electron chi connectivity index (χ2n) is 5.78. The van der Waals surface area contributed by atoms with Crippen LogP contribution in [0.3, 0.4) is 0 Å². The van der Waals surface area contributed by atoms with Gasteiger partial charge in [0.2, 0.25) is 10.0 Å². The first kappa shape index (κ1) is 14.6. The topological polar surface area (TPSA) is 63.4 Å². The van der Waals surface area contributed by atoms with E-state index in [9.17, 15) is 8.42 Å². The van der Waals surface area contributed by atoms with Crippen molar-refractivity contribution in [1.29, 1.82) is 0 Å². The number of hydrogen-bond acceptors (Lipinski definition) is 3. The Morgan fingerprint density at radius 3 is 2.33 bits per heavy atom. The summed E-state index contributed by atoms with van der Waals surface area (Å²) in [6.45, 7) is 0.985. The third-order valence-electron chi connectivity index (χ3n) is 3.88. The van der Waals surface area contributed by atoms with Gasteiger partial charge in [-0.3, -0.25) is 0 Å². The van der Waals surface area contributed by atoms with Gasteiger partial charge in [-0.1, -0.05) is 11.8 Å². The van der Waals surface area contributed by atoms with Crippen LogP contribution in [-0.4, -0.2) is 31.9 Å². The van der Waals surface area contributed by atoms with Crippen molar-refractivity contribution >= 4 is 10.0 Å². The Balaban J connectivity index is 1.82. The Morgan fingerprint density at radius 1 is 1.14 bits per heavy atom. The predicted octanol–water partition coefficient (Wildman–Crippen LogP) is 1.56. The molecule has 0 radical (unpaired) electrons. The van der Waals surface area contributed by atoms with Crippen molar-refractivity contribution < 1.29 is 8.42 Å². The van der Waals surface area contributed by atoms with E-state index in [1.54, 1.807) is 28.6 Å². The molecule has 0 bridgehead atoms. The first-order valence-corrected chi connectivity index (χ1v) is 8.86. The van der Waals surface area contributed by atoms with Gasteiger partial charge < -0.3 is 5.73 Å². The fourth-order valence-electron chi connectivity index (χ4n) is 2.36. The molecule has 2 N–H and O–H groups in total. The molecule has 5 heteroatoms. The van der Waals surface area contributed by atoms with Crippen LogP contribution in [0.2, 0.25) is 0 Å². The van der Waals surface area contributed by atoms with Crippen molar-refractivity contribution in [3.05, 3.63) is 29.8 Å². The Labute approximate surface area is 126 Å². The van der Waals surface area contributed by atoms with E-state index in [-0.39, 0.29) is 6.04 Å². The molecule has 2 saturated carbocycles. The summed E-state index contributed by atoms with van der Waals surface area (Å²) in [5.74, 6) is 6.24. The molecule has 3 rings (SSSR count). The zero-order valence-corrected chi connectivity index (χ0v) is 12.8. The van der Waals surface area contributed by atoms with Gasteiger partial charge >= 0.3 is 0 Å². The smallest absolute Gasteiger partial charge is 0.243 e. The van der Waals surface area contributed by atoms with Gasteiger partial charge in [0.15, 0.2) is 0 Å². The molecule has 2 fully saturated rings. The van der Waals surface area contributed by atoms with Crippen molar-refractivity contribution in [2.75, 3.05) is 13.1 Å². The van der Waals surface area contributed by atoms with Crippen LogP contribution < -0.4 is 5.73 Å². The highest BCUT2D eigenvalue weighted by Crippen LogP contribution is 2.37. The molecule has 2 aliphatic rings. The average molecular weight is 304 g/mol. The van der Waals surface area contributed by atoms with E-state index in [1.165, 1.54) is 0 Å². The lowest BCUT2D eigenvalue weighted by Crippen LogP contribution is -2.34. The molecule has 2 aliphatic carbocycles. The summed E-state index contributed by atoms with van der Waals surface area (Å²) >= 11 is 0. The second-order valence-corrected chi connectivity index (χ2v) is 7.67. The third kappa shape index (κ3) is 3.46. The Kier molecular flexibility index (Phi) is 4.03. The minimum atomic E-state index is -3.37. The van der Waals surface area contributed by atoms with Gasteiger partial charge in [-0.25, -0.2) is 8.42 Å². The van der Waals surface area contributed by atoms with Crippen molar-refractivity contribution in [1.82, 2.24) is 4.31 Å². The van der Waals surface area contributed by atoms with Crippen molar-refractivity contribution in [3.63, 3.8) is 0 Å². The summed E-state index contributed by atoms with van der Waals surface area (Å²) in [7, 11) is -3.37. The first-order chi connectivity index (χ1) is 10.1. The molecule has 0 heterocycles. The largest absolute Gasteiger partial charge is 0.320 e. The molecule has 0 atom stereocenters. The van der Waals surface area contributed by atoms with Crippen LogP contribution in [0.1, 0.15) is 31.2 Å². The molecule has 0 spiro atoms. The fraction of sp³-hybridized carbons (Fsp3) is 0.500. The van der Waals surface area contributed by atoms with Crippen LogP contribution in [0.25, 0.3) is 0 Å². The molecule has 0 aliphatic heterocycles. The quantitative estimate of drug-likeness (QED) is 0.840. The molecule has 0 aromatic heterocycles. The average Bonchev–Trinajstić information content (AvgIpc) is 3.36. The first-order valence-electron chi connectivity index (χ1n) is 7.42. The maximum atomic E-state index is 12.8. The molecule has 21 heavy (non-hydrogen) atoms. The van der Waals surface area contributed by atoms with Crippen LogP contribution in [-0.2, 0) is 10.0 Å². The lowest BCUT2D eigenvalue weighted by Gasteiger charge is -2.21. The van der Waals surface area contributed by atoms with E-state index in [0.29, 0.717) is 23.9 Å². The minimum absolute atomic E-state index is 0.215. The molecule has 0 amide bonds. The van der Waals surface area contributed by atoms with E-state index >= 15 is 0 Å². The monoisotopic (exact) mass is 304 g/mol. The second kappa shape index (κ2) is 5.80. The van der Waals surface area contributed by atoms with Crippen LogP contribution in [0, 0.1) is 17.8 Å². The van der Waals surface area contributed by atoms with E-state index in [0.717, 1.165) is 31.2 Å². The predicted molar refractivity (Wildman–Crippen MR) is 82.0 cm³/mol. The Morgan fingerprint density at radius 2 is 1.81 bits per heavy atom. The van der Waals surface area contributed by atoms with Crippen LogP contribution in [0.4, 0.5) is 0 Å². The summed E-state index contributed by atoms with van der Waals surface area (Å²) in [6.07, 6.45) is 4.30. The molecule has 4 nitrogen and oxygen atoms in total. The lowest BCUT2D eigenvalue weighted by molar-refractivity contribution is 0.389. The maximum Gasteiger partial charge on any atom is 0.243 e. The molecule has 112 valence electrons.